The van der Waals surface area contributed by atoms with E-state index in [2.05, 4.69) is 9.97 Å². The van der Waals surface area contributed by atoms with Crippen LogP contribution in [0.4, 0.5) is 0 Å². The van der Waals surface area contributed by atoms with Gasteiger partial charge in [-0.2, -0.15) is 0 Å². The fourth-order valence-corrected chi connectivity index (χ4v) is 2.87. The Morgan fingerprint density at radius 3 is 2.87 bits per heavy atom. The normalized spacial score (nSPS) is 17.3. The van der Waals surface area contributed by atoms with E-state index in [4.69, 9.17) is 16.3 Å². The van der Waals surface area contributed by atoms with Gasteiger partial charge in [0.2, 0.25) is 0 Å². The summed E-state index contributed by atoms with van der Waals surface area (Å²) < 4.78 is 5.91. The summed E-state index contributed by atoms with van der Waals surface area (Å²) in [5, 5.41) is 0.583. The number of benzene rings is 1. The number of hydrogen-bond acceptors (Lipinski definition) is 4. The molecule has 0 bridgehead atoms. The quantitative estimate of drug-likeness (QED) is 0.867. The second kappa shape index (κ2) is 6.54. The molecule has 3 rings (SSSR count). The van der Waals surface area contributed by atoms with Crippen LogP contribution in [0.2, 0.25) is 5.02 Å². The molecule has 1 aromatic carbocycles. The molecule has 2 heterocycles. The van der Waals surface area contributed by atoms with E-state index in [1.165, 1.54) is 0 Å². The first kappa shape index (κ1) is 15.7. The van der Waals surface area contributed by atoms with Gasteiger partial charge in [-0.3, -0.25) is 4.79 Å². The van der Waals surface area contributed by atoms with Crippen molar-refractivity contribution in [1.29, 1.82) is 0 Å². The first-order valence-corrected chi connectivity index (χ1v) is 7.93. The Bertz CT molecular complexity index is 736. The molecule has 1 saturated heterocycles. The minimum atomic E-state index is -0.0504. The van der Waals surface area contributed by atoms with Crippen LogP contribution in [0.25, 0.3) is 0 Å². The highest BCUT2D eigenvalue weighted by molar-refractivity contribution is 6.32. The molecular formula is C17H18ClN3O2. The third kappa shape index (κ3) is 3.45. The number of carbonyl (C=O) groups excluding carboxylic acids is 1. The molecule has 1 amide bonds. The molecule has 0 aliphatic carbocycles. The number of ether oxygens (including phenoxy) is 1. The average molecular weight is 332 g/mol. The average Bonchev–Trinajstić information content (AvgIpc) is 2.98. The maximum atomic E-state index is 12.6. The zero-order valence-corrected chi connectivity index (χ0v) is 13.9. The van der Waals surface area contributed by atoms with E-state index in [1.807, 2.05) is 32.0 Å². The lowest BCUT2D eigenvalue weighted by Crippen LogP contribution is -2.31. The standard InChI is InChI=1S/C17H18ClN3O2/c1-11-14(9-19-12(2)20-11)17(22)21-8-7-13(10-21)23-16-6-4-3-5-15(16)18/h3-6,9,13H,7-8,10H2,1-2H3/t13-/m1/s1. The molecule has 0 saturated carbocycles. The monoisotopic (exact) mass is 331 g/mol. The Balaban J connectivity index is 1.67. The van der Waals surface area contributed by atoms with Gasteiger partial charge in [0.05, 0.1) is 22.8 Å². The Hall–Kier alpha value is -2.14. The second-order valence-electron chi connectivity index (χ2n) is 5.63. The second-order valence-corrected chi connectivity index (χ2v) is 6.03. The summed E-state index contributed by atoms with van der Waals surface area (Å²) >= 11 is 6.11. The lowest BCUT2D eigenvalue weighted by Gasteiger charge is -2.18. The molecule has 23 heavy (non-hydrogen) atoms. The Morgan fingerprint density at radius 2 is 2.13 bits per heavy atom. The van der Waals surface area contributed by atoms with Crippen LogP contribution in [0, 0.1) is 13.8 Å². The van der Waals surface area contributed by atoms with E-state index in [-0.39, 0.29) is 12.0 Å². The van der Waals surface area contributed by atoms with Gasteiger partial charge >= 0.3 is 0 Å². The predicted octanol–water partition coefficient (Wildman–Crippen LogP) is 3.04. The van der Waals surface area contributed by atoms with Crippen LogP contribution in [-0.4, -0.2) is 40.0 Å². The highest BCUT2D eigenvalue weighted by atomic mass is 35.5. The number of rotatable bonds is 3. The van der Waals surface area contributed by atoms with Gasteiger partial charge in [0.25, 0.3) is 5.91 Å². The van der Waals surface area contributed by atoms with Crippen LogP contribution in [0.3, 0.4) is 0 Å². The summed E-state index contributed by atoms with van der Waals surface area (Å²) in [6.07, 6.45) is 2.33. The molecule has 1 aliphatic heterocycles. The fourth-order valence-electron chi connectivity index (χ4n) is 2.69. The molecule has 120 valence electrons. The first-order chi connectivity index (χ1) is 11.0. The van der Waals surface area contributed by atoms with Crippen molar-refractivity contribution in [3.8, 4) is 5.75 Å². The largest absolute Gasteiger partial charge is 0.487 e. The van der Waals surface area contributed by atoms with Crippen molar-refractivity contribution in [3.05, 3.63) is 52.6 Å². The van der Waals surface area contributed by atoms with Crippen molar-refractivity contribution in [3.63, 3.8) is 0 Å². The molecule has 0 unspecified atom stereocenters. The van der Waals surface area contributed by atoms with Gasteiger partial charge in [0, 0.05) is 19.2 Å². The zero-order chi connectivity index (χ0) is 16.4. The summed E-state index contributed by atoms with van der Waals surface area (Å²) in [6, 6.07) is 7.37. The SMILES string of the molecule is Cc1ncc(C(=O)N2CC[C@@H](Oc3ccccc3Cl)C2)c(C)n1. The summed E-state index contributed by atoms with van der Waals surface area (Å²) in [6.45, 7) is 4.83. The van der Waals surface area contributed by atoms with Crippen molar-refractivity contribution in [2.45, 2.75) is 26.4 Å². The van der Waals surface area contributed by atoms with Gasteiger partial charge < -0.3 is 9.64 Å². The van der Waals surface area contributed by atoms with Crippen LogP contribution in [0.1, 0.15) is 28.3 Å². The van der Waals surface area contributed by atoms with Gasteiger partial charge in [-0.05, 0) is 26.0 Å². The number of aryl methyl sites for hydroxylation is 2. The lowest BCUT2D eigenvalue weighted by atomic mass is 10.2. The molecule has 2 aromatic rings. The molecule has 5 nitrogen and oxygen atoms in total. The molecule has 0 spiro atoms. The number of halogens is 1. The number of hydrogen-bond donors (Lipinski definition) is 0. The molecule has 1 aliphatic rings. The van der Waals surface area contributed by atoms with Crippen LogP contribution < -0.4 is 4.74 Å². The van der Waals surface area contributed by atoms with E-state index in [0.29, 0.717) is 40.9 Å². The van der Waals surface area contributed by atoms with E-state index in [0.717, 1.165) is 6.42 Å². The van der Waals surface area contributed by atoms with E-state index < -0.39 is 0 Å². The van der Waals surface area contributed by atoms with Crippen LogP contribution in [0.5, 0.6) is 5.75 Å². The molecule has 1 atom stereocenters. The maximum Gasteiger partial charge on any atom is 0.257 e. The van der Waals surface area contributed by atoms with E-state index in [9.17, 15) is 4.79 Å². The highest BCUT2D eigenvalue weighted by Crippen LogP contribution is 2.27. The molecule has 6 heteroatoms. The minimum absolute atomic E-state index is 0.0484. The van der Waals surface area contributed by atoms with Gasteiger partial charge in [0.1, 0.15) is 17.7 Å². The third-order valence-electron chi connectivity index (χ3n) is 3.89. The maximum absolute atomic E-state index is 12.6. The van der Waals surface area contributed by atoms with Gasteiger partial charge in [0.15, 0.2) is 0 Å². The van der Waals surface area contributed by atoms with Crippen molar-refractivity contribution < 1.29 is 9.53 Å². The number of amides is 1. The summed E-state index contributed by atoms with van der Waals surface area (Å²) in [5.41, 5.74) is 1.26. The fraction of sp³-hybridized carbons (Fsp3) is 0.353. The summed E-state index contributed by atoms with van der Waals surface area (Å²) in [7, 11) is 0. The lowest BCUT2D eigenvalue weighted by molar-refractivity contribution is 0.0770. The smallest absolute Gasteiger partial charge is 0.257 e. The van der Waals surface area contributed by atoms with Crippen LogP contribution in [0.15, 0.2) is 30.5 Å². The van der Waals surface area contributed by atoms with Gasteiger partial charge in [-0.1, -0.05) is 23.7 Å². The van der Waals surface area contributed by atoms with Crippen molar-refractivity contribution >= 4 is 17.5 Å². The van der Waals surface area contributed by atoms with Crippen molar-refractivity contribution in [1.82, 2.24) is 14.9 Å². The van der Waals surface area contributed by atoms with Crippen molar-refractivity contribution in [2.24, 2.45) is 0 Å². The Labute approximate surface area is 140 Å². The highest BCUT2D eigenvalue weighted by Gasteiger charge is 2.29. The number of para-hydroxylation sites is 1. The molecular weight excluding hydrogens is 314 g/mol. The van der Waals surface area contributed by atoms with Crippen molar-refractivity contribution in [2.75, 3.05) is 13.1 Å². The number of carbonyl (C=O) groups is 1. The number of likely N-dealkylation sites (tertiary alicyclic amines) is 1. The zero-order valence-electron chi connectivity index (χ0n) is 13.1. The third-order valence-corrected chi connectivity index (χ3v) is 4.20. The topological polar surface area (TPSA) is 55.3 Å². The Morgan fingerprint density at radius 1 is 1.35 bits per heavy atom. The minimum Gasteiger partial charge on any atom is -0.487 e. The number of aromatic nitrogens is 2. The predicted molar refractivity (Wildman–Crippen MR) is 87.9 cm³/mol. The van der Waals surface area contributed by atoms with Gasteiger partial charge in [-0.25, -0.2) is 9.97 Å². The Kier molecular flexibility index (Phi) is 4.48. The van der Waals surface area contributed by atoms with Gasteiger partial charge in [-0.15, -0.1) is 0 Å². The molecule has 0 N–H and O–H groups in total. The summed E-state index contributed by atoms with van der Waals surface area (Å²) in [5.74, 6) is 1.27. The van der Waals surface area contributed by atoms with E-state index >= 15 is 0 Å². The molecule has 1 fully saturated rings. The van der Waals surface area contributed by atoms with E-state index in [1.54, 1.807) is 17.2 Å². The number of nitrogens with zero attached hydrogens (tertiary/aromatic N) is 3. The molecule has 1 aromatic heterocycles. The van der Waals surface area contributed by atoms with Crippen LogP contribution >= 0.6 is 11.6 Å². The summed E-state index contributed by atoms with van der Waals surface area (Å²) in [4.78, 5) is 22.8. The molecule has 0 radical (unpaired) electrons. The van der Waals surface area contributed by atoms with Crippen LogP contribution in [-0.2, 0) is 0 Å². The first-order valence-electron chi connectivity index (χ1n) is 7.55.